The fraction of sp³-hybridized carbons (Fsp3) is 0.286. The number of rotatable bonds is 4. The van der Waals surface area contributed by atoms with Crippen molar-refractivity contribution in [3.8, 4) is 0 Å². The molecule has 0 bridgehead atoms. The maximum atomic E-state index is 12.7. The number of likely N-dealkylation sites (tertiary alicyclic amines) is 1. The Morgan fingerprint density at radius 3 is 2.54 bits per heavy atom. The predicted octanol–water partition coefficient (Wildman–Crippen LogP) is 3.58. The number of amides is 3. The van der Waals surface area contributed by atoms with Crippen molar-refractivity contribution >= 4 is 29.3 Å². The van der Waals surface area contributed by atoms with Crippen molar-refractivity contribution in [2.75, 3.05) is 23.7 Å². The molecule has 1 aliphatic rings. The quantitative estimate of drug-likeness (QED) is 0.754. The van der Waals surface area contributed by atoms with E-state index in [9.17, 15) is 19.5 Å². The monoisotopic (exact) mass is 381 g/mol. The number of nitrogens with one attached hydrogen (secondary N) is 2. The topological polar surface area (TPSA) is 98.7 Å². The number of hydrogen-bond acceptors (Lipinski definition) is 3. The number of para-hydroxylation sites is 1. The molecule has 1 saturated heterocycles. The number of hydrogen-bond donors (Lipinski definition) is 3. The number of carboxylic acids is 1. The second kappa shape index (κ2) is 8.56. The zero-order valence-electron chi connectivity index (χ0n) is 15.6. The highest BCUT2D eigenvalue weighted by Crippen LogP contribution is 2.22. The lowest BCUT2D eigenvalue weighted by molar-refractivity contribution is -0.121. The normalized spacial score (nSPS) is 16.3. The van der Waals surface area contributed by atoms with Gasteiger partial charge in [0.1, 0.15) is 0 Å². The smallest absolute Gasteiger partial charge is 0.337 e. The van der Waals surface area contributed by atoms with Crippen LogP contribution in [0.1, 0.15) is 28.8 Å². The molecule has 2 aromatic carbocycles. The third kappa shape index (κ3) is 4.68. The molecule has 146 valence electrons. The summed E-state index contributed by atoms with van der Waals surface area (Å²) in [7, 11) is 0. The maximum Gasteiger partial charge on any atom is 0.337 e. The van der Waals surface area contributed by atoms with Gasteiger partial charge in [-0.15, -0.1) is 0 Å². The number of carbonyl (C=O) groups is 3. The van der Waals surface area contributed by atoms with E-state index in [0.717, 1.165) is 5.56 Å². The Morgan fingerprint density at radius 1 is 1.07 bits per heavy atom. The van der Waals surface area contributed by atoms with Gasteiger partial charge in [-0.25, -0.2) is 9.59 Å². The van der Waals surface area contributed by atoms with Gasteiger partial charge in [-0.05, 0) is 44.0 Å². The van der Waals surface area contributed by atoms with Crippen molar-refractivity contribution in [3.05, 3.63) is 59.7 Å². The molecule has 1 aliphatic heterocycles. The minimum absolute atomic E-state index is 0.0582. The zero-order valence-corrected chi connectivity index (χ0v) is 15.6. The summed E-state index contributed by atoms with van der Waals surface area (Å²) in [4.78, 5) is 38.2. The van der Waals surface area contributed by atoms with Gasteiger partial charge in [0, 0.05) is 18.8 Å². The first-order valence-electron chi connectivity index (χ1n) is 9.20. The van der Waals surface area contributed by atoms with Crippen molar-refractivity contribution < 1.29 is 19.5 Å². The summed E-state index contributed by atoms with van der Waals surface area (Å²) in [6.45, 7) is 2.66. The van der Waals surface area contributed by atoms with Crippen molar-refractivity contribution in [1.29, 1.82) is 0 Å². The van der Waals surface area contributed by atoms with Gasteiger partial charge in [0.15, 0.2) is 0 Å². The number of piperidine rings is 1. The minimum atomic E-state index is -1.09. The summed E-state index contributed by atoms with van der Waals surface area (Å²) in [5.74, 6) is -1.76. The number of aryl methyl sites for hydroxylation is 1. The molecule has 3 amide bonds. The van der Waals surface area contributed by atoms with Gasteiger partial charge in [-0.2, -0.15) is 0 Å². The number of urea groups is 1. The van der Waals surface area contributed by atoms with Crippen molar-refractivity contribution in [2.45, 2.75) is 19.8 Å². The molecule has 3 N–H and O–H groups in total. The molecule has 0 aromatic heterocycles. The zero-order chi connectivity index (χ0) is 20.1. The first kappa shape index (κ1) is 19.4. The van der Waals surface area contributed by atoms with E-state index in [1.165, 1.54) is 6.07 Å². The van der Waals surface area contributed by atoms with E-state index < -0.39 is 11.9 Å². The van der Waals surface area contributed by atoms with Crippen LogP contribution in [0.3, 0.4) is 0 Å². The number of anilines is 2. The molecule has 0 radical (unpaired) electrons. The first-order valence-corrected chi connectivity index (χ1v) is 9.20. The molecular weight excluding hydrogens is 358 g/mol. The van der Waals surface area contributed by atoms with Gasteiger partial charge in [0.25, 0.3) is 0 Å². The van der Waals surface area contributed by atoms with Crippen LogP contribution in [0.25, 0.3) is 0 Å². The van der Waals surface area contributed by atoms with Gasteiger partial charge in [-0.3, -0.25) is 4.79 Å². The number of carbonyl (C=O) groups excluding carboxylic acids is 2. The molecule has 7 nitrogen and oxygen atoms in total. The van der Waals surface area contributed by atoms with E-state index in [2.05, 4.69) is 10.6 Å². The molecule has 1 fully saturated rings. The minimum Gasteiger partial charge on any atom is -0.478 e. The van der Waals surface area contributed by atoms with E-state index in [1.54, 1.807) is 36.1 Å². The van der Waals surface area contributed by atoms with Gasteiger partial charge < -0.3 is 20.6 Å². The highest BCUT2D eigenvalue weighted by molar-refractivity contribution is 6.01. The van der Waals surface area contributed by atoms with Crippen molar-refractivity contribution in [3.63, 3.8) is 0 Å². The Labute approximate surface area is 163 Å². The first-order chi connectivity index (χ1) is 13.4. The van der Waals surface area contributed by atoms with Crippen LogP contribution < -0.4 is 10.6 Å². The molecule has 2 aromatic rings. The highest BCUT2D eigenvalue weighted by Gasteiger charge is 2.29. The van der Waals surface area contributed by atoms with Crippen LogP contribution in [0.5, 0.6) is 0 Å². The maximum absolute atomic E-state index is 12.7. The average Bonchev–Trinajstić information content (AvgIpc) is 2.70. The summed E-state index contributed by atoms with van der Waals surface area (Å²) >= 11 is 0. The van der Waals surface area contributed by atoms with E-state index in [-0.39, 0.29) is 23.2 Å². The lowest BCUT2D eigenvalue weighted by Crippen LogP contribution is -2.45. The second-order valence-electron chi connectivity index (χ2n) is 6.92. The number of carboxylic acid groups (broad SMARTS) is 1. The molecule has 1 unspecified atom stereocenters. The van der Waals surface area contributed by atoms with Crippen molar-refractivity contribution in [2.24, 2.45) is 5.92 Å². The van der Waals surface area contributed by atoms with Crippen LogP contribution >= 0.6 is 0 Å². The summed E-state index contributed by atoms with van der Waals surface area (Å²) in [6.07, 6.45) is 1.36. The average molecular weight is 381 g/mol. The molecule has 0 spiro atoms. The van der Waals surface area contributed by atoms with Gasteiger partial charge in [0.05, 0.1) is 17.2 Å². The van der Waals surface area contributed by atoms with Crippen LogP contribution in [0.15, 0.2) is 48.5 Å². The van der Waals surface area contributed by atoms with E-state index >= 15 is 0 Å². The molecular formula is C21H23N3O4. The predicted molar refractivity (Wildman–Crippen MR) is 107 cm³/mol. The van der Waals surface area contributed by atoms with Crippen LogP contribution in [0, 0.1) is 12.8 Å². The molecule has 28 heavy (non-hydrogen) atoms. The Kier molecular flexibility index (Phi) is 5.93. The van der Waals surface area contributed by atoms with E-state index in [4.69, 9.17) is 0 Å². The summed E-state index contributed by atoms with van der Waals surface area (Å²) in [6, 6.07) is 13.8. The largest absolute Gasteiger partial charge is 0.478 e. The second-order valence-corrected chi connectivity index (χ2v) is 6.92. The Hall–Kier alpha value is -3.35. The van der Waals surface area contributed by atoms with Gasteiger partial charge >= 0.3 is 12.0 Å². The highest BCUT2D eigenvalue weighted by atomic mass is 16.4. The lowest BCUT2D eigenvalue weighted by Gasteiger charge is -2.32. The van der Waals surface area contributed by atoms with Gasteiger partial charge in [-0.1, -0.05) is 29.8 Å². The molecule has 3 rings (SSSR count). The van der Waals surface area contributed by atoms with Crippen LogP contribution in [0.4, 0.5) is 16.2 Å². The fourth-order valence-corrected chi connectivity index (χ4v) is 3.28. The fourth-order valence-electron chi connectivity index (χ4n) is 3.28. The third-order valence-corrected chi connectivity index (χ3v) is 4.77. The SMILES string of the molecule is Cc1ccc(NC(=O)C2CCCN(C(=O)Nc3ccccc3)C2)c(C(=O)O)c1. The molecule has 1 atom stereocenters. The van der Waals surface area contributed by atoms with Crippen LogP contribution in [-0.2, 0) is 4.79 Å². The number of benzene rings is 2. The van der Waals surface area contributed by atoms with Gasteiger partial charge in [0.2, 0.25) is 5.91 Å². The van der Waals surface area contributed by atoms with Crippen molar-refractivity contribution in [1.82, 2.24) is 4.90 Å². The number of nitrogens with zero attached hydrogens (tertiary/aromatic N) is 1. The van der Waals surface area contributed by atoms with Crippen LogP contribution in [-0.4, -0.2) is 41.0 Å². The van der Waals surface area contributed by atoms with E-state index in [0.29, 0.717) is 31.6 Å². The third-order valence-electron chi connectivity index (χ3n) is 4.77. The Balaban J connectivity index is 1.65. The van der Waals surface area contributed by atoms with Crippen LogP contribution in [0.2, 0.25) is 0 Å². The lowest BCUT2D eigenvalue weighted by atomic mass is 9.97. The summed E-state index contributed by atoms with van der Waals surface area (Å²) < 4.78 is 0. The Bertz CT molecular complexity index is 882. The Morgan fingerprint density at radius 2 is 1.82 bits per heavy atom. The molecule has 7 heteroatoms. The van der Waals surface area contributed by atoms with E-state index in [1.807, 2.05) is 18.2 Å². The molecule has 0 aliphatic carbocycles. The number of aromatic carboxylic acids is 1. The standard InChI is InChI=1S/C21H23N3O4/c1-14-9-10-18(17(12-14)20(26)27)23-19(25)15-6-5-11-24(13-15)21(28)22-16-7-3-2-4-8-16/h2-4,7-10,12,15H,5-6,11,13H2,1H3,(H,22,28)(H,23,25)(H,26,27). The summed E-state index contributed by atoms with van der Waals surface area (Å²) in [5, 5.41) is 14.9. The summed E-state index contributed by atoms with van der Waals surface area (Å²) in [5.41, 5.74) is 1.83. The molecule has 0 saturated carbocycles. The molecule has 1 heterocycles.